The third kappa shape index (κ3) is 13.9. The fourth-order valence-corrected chi connectivity index (χ4v) is 11.0. The van der Waals surface area contributed by atoms with Gasteiger partial charge in [0.1, 0.15) is 36.9 Å². The molecule has 2 fully saturated rings. The lowest BCUT2D eigenvalue weighted by Gasteiger charge is -2.44. The van der Waals surface area contributed by atoms with E-state index < -0.39 is 183 Å². The van der Waals surface area contributed by atoms with Gasteiger partial charge in [-0.15, -0.1) is 0 Å². The quantitative estimate of drug-likeness (QED) is 0.0392. The molecule has 4 heterocycles. The largest absolute Gasteiger partial charge is 0.494 e. The van der Waals surface area contributed by atoms with Gasteiger partial charge in [0.25, 0.3) is 0 Å². The topological polar surface area (TPSA) is 274 Å². The molecule has 4 aromatic carbocycles. The molecule has 0 spiro atoms. The summed E-state index contributed by atoms with van der Waals surface area (Å²) < 4.78 is 135. The minimum absolute atomic E-state index is 0.0374. The molecular weight excluding hydrogens is 1170 g/mol. The Hall–Kier alpha value is -8.51. The molecule has 0 amide bonds. The first-order valence-electron chi connectivity index (χ1n) is 31.7. The number of nitrogens with zero attached hydrogens (tertiary/aromatic N) is 2. The monoisotopic (exact) mass is 1240 g/mol. The van der Waals surface area contributed by atoms with Crippen molar-refractivity contribution in [2.24, 2.45) is 0 Å². The van der Waals surface area contributed by atoms with Gasteiger partial charge in [-0.25, -0.2) is 0 Å². The lowest BCUT2D eigenvalue weighted by molar-refractivity contribution is -0.267. The summed E-state index contributed by atoms with van der Waals surface area (Å²) in [5, 5.41) is 0.564. The third-order valence-corrected chi connectivity index (χ3v) is 14.1. The number of ether oxygens (including phenoxy) is 12. The second-order valence-electron chi connectivity index (χ2n) is 19.0. The van der Waals surface area contributed by atoms with Gasteiger partial charge < -0.3 is 66.0 Å². The van der Waals surface area contributed by atoms with Crippen LogP contribution in [0, 0.1) is 0 Å². The highest BCUT2D eigenvalue weighted by molar-refractivity contribution is 6.37. The van der Waals surface area contributed by atoms with Crippen LogP contribution in [0.15, 0.2) is 85.2 Å². The summed E-state index contributed by atoms with van der Waals surface area (Å²) in [5.74, 6) is -9.54. The molecular formula is C61H62Cl2N2O21. The molecule has 2 aromatic heterocycles. The molecule has 0 bridgehead atoms. The van der Waals surface area contributed by atoms with Crippen LogP contribution in [-0.2, 0) is 85.7 Å². The Labute approximate surface area is 513 Å². The molecule has 2 unspecified atom stereocenters. The number of rotatable bonds is 20. The number of esters is 8. The molecule has 456 valence electrons. The summed E-state index contributed by atoms with van der Waals surface area (Å²) in [5.41, 5.74) is 0.894. The molecule has 0 saturated carbocycles. The number of carbonyl (C=O) groups excluding carboxylic acids is 9. The van der Waals surface area contributed by atoms with E-state index in [9.17, 15) is 38.4 Å². The van der Waals surface area contributed by atoms with Gasteiger partial charge in [0, 0.05) is 112 Å². The summed E-state index contributed by atoms with van der Waals surface area (Å²) in [4.78, 5) is 120. The first-order chi connectivity index (χ1) is 45.2. The van der Waals surface area contributed by atoms with E-state index in [4.69, 9.17) is 91.0 Å². The van der Waals surface area contributed by atoms with Crippen LogP contribution in [0.3, 0.4) is 0 Å². The maximum absolute atomic E-state index is 16.2. The van der Waals surface area contributed by atoms with Gasteiger partial charge in [-0.1, -0.05) is 35.3 Å². The average Bonchev–Trinajstić information content (AvgIpc) is 1.53. The standard InChI is InChI=1S/C61H62Cl2N2O21/c1-11-75-37-19-21-39(41(23-37)43-25-64(47-17-13-15-45(62)51(43)47)60-58(83-35(9)72)56(81-33(7)70)54(79-31(5)68)49(85-60)27-77-29(3)66)53(74)40-22-20-38(76-12-2)24-42(40)44-26-65(48-18-14-16-46(63)52(44)48)61-59(84-36(10)73)57(82-34(8)71)55(80-32(6)69)50(86-61)28-78-30(4)67/h13-26,49-50,54-61H,11-12,27-28H2,1-10H3/t49-,50-,54-,55-,56+,57+,58-,59-,60?,61?/m1/s1/i3D,4D,5D,6D,7D,8D,9D,10D. The molecule has 10 atom stereocenters. The zero-order chi connectivity index (χ0) is 68.1. The Morgan fingerprint density at radius 3 is 1.15 bits per heavy atom. The van der Waals surface area contributed by atoms with Gasteiger partial charge in [-0.05, 0) is 85.6 Å². The van der Waals surface area contributed by atoms with Crippen molar-refractivity contribution in [1.82, 2.24) is 9.13 Å². The van der Waals surface area contributed by atoms with Crippen molar-refractivity contribution < 1.29 is 111 Å². The van der Waals surface area contributed by atoms with Crippen LogP contribution in [0.1, 0.15) is 108 Å². The summed E-state index contributed by atoms with van der Waals surface area (Å²) >= 11 is 14.3. The van der Waals surface area contributed by atoms with Gasteiger partial charge >= 0.3 is 47.8 Å². The highest BCUT2D eigenvalue weighted by atomic mass is 35.5. The van der Waals surface area contributed by atoms with Crippen LogP contribution in [0.4, 0.5) is 0 Å². The lowest BCUT2D eigenvalue weighted by atomic mass is 9.89. The van der Waals surface area contributed by atoms with Crippen molar-refractivity contribution in [2.75, 3.05) is 26.4 Å². The molecule has 25 heteroatoms. The van der Waals surface area contributed by atoms with Gasteiger partial charge in [-0.3, -0.25) is 43.2 Å². The maximum atomic E-state index is 16.2. The normalized spacial score (nSPS) is 23.0. The number of benzene rings is 4. The first-order valence-corrected chi connectivity index (χ1v) is 26.8. The number of fused-ring (bicyclic) bond motifs is 2. The van der Waals surface area contributed by atoms with E-state index in [1.54, 1.807) is 50.2 Å². The van der Waals surface area contributed by atoms with E-state index in [1.165, 1.54) is 57.9 Å². The fraction of sp³-hybridized carbons (Fsp3) is 0.393. The number of halogens is 2. The van der Waals surface area contributed by atoms with Crippen LogP contribution in [0.2, 0.25) is 10.0 Å². The van der Waals surface area contributed by atoms with Crippen LogP contribution >= 0.6 is 23.2 Å². The Morgan fingerprint density at radius 1 is 0.453 bits per heavy atom. The minimum atomic E-state index is -1.89. The minimum Gasteiger partial charge on any atom is -0.494 e. The highest BCUT2D eigenvalue weighted by Crippen LogP contribution is 2.47. The Balaban J connectivity index is 1.36. The second-order valence-corrected chi connectivity index (χ2v) is 19.8. The van der Waals surface area contributed by atoms with Gasteiger partial charge in [0.05, 0.1) is 34.3 Å². The van der Waals surface area contributed by atoms with Crippen molar-refractivity contribution in [2.45, 2.75) is 130 Å². The van der Waals surface area contributed by atoms with E-state index in [0.717, 1.165) is 0 Å². The van der Waals surface area contributed by atoms with Crippen molar-refractivity contribution in [1.29, 1.82) is 0 Å². The number of carbonyl (C=O) groups is 9. The van der Waals surface area contributed by atoms with Crippen molar-refractivity contribution >= 4 is 98.5 Å². The molecule has 23 nitrogen and oxygen atoms in total. The average molecular weight is 1240 g/mol. The van der Waals surface area contributed by atoms with E-state index in [1.807, 2.05) is 0 Å². The second kappa shape index (κ2) is 27.2. The number of hydrogen-bond donors (Lipinski definition) is 0. The van der Waals surface area contributed by atoms with Crippen LogP contribution in [0.5, 0.6) is 11.5 Å². The van der Waals surface area contributed by atoms with E-state index in [0.29, 0.717) is 0 Å². The van der Waals surface area contributed by atoms with Crippen LogP contribution < -0.4 is 9.47 Å². The van der Waals surface area contributed by atoms with Gasteiger partial charge in [-0.2, -0.15) is 0 Å². The number of aromatic nitrogens is 2. The highest BCUT2D eigenvalue weighted by Gasteiger charge is 2.55. The summed E-state index contributed by atoms with van der Waals surface area (Å²) in [6.45, 7) is -5.51. The summed E-state index contributed by atoms with van der Waals surface area (Å²) in [7, 11) is 0. The molecule has 2 saturated heterocycles. The van der Waals surface area contributed by atoms with Gasteiger partial charge in [0.2, 0.25) is 0 Å². The van der Waals surface area contributed by atoms with Crippen molar-refractivity contribution in [3.05, 3.63) is 106 Å². The van der Waals surface area contributed by atoms with Gasteiger partial charge in [0.15, 0.2) is 54.9 Å². The van der Waals surface area contributed by atoms with Crippen molar-refractivity contribution in [3.8, 4) is 33.8 Å². The summed E-state index contributed by atoms with van der Waals surface area (Å²) in [6, 6.07) is 18.4. The van der Waals surface area contributed by atoms with E-state index >= 15 is 4.79 Å². The zero-order valence-electron chi connectivity index (χ0n) is 54.1. The Kier molecular flexibility index (Phi) is 16.8. The number of hydrogen-bond acceptors (Lipinski definition) is 21. The zero-order valence-corrected chi connectivity index (χ0v) is 47.6. The smallest absolute Gasteiger partial charge is 0.303 e. The summed E-state index contributed by atoms with van der Waals surface area (Å²) in [6.07, 6.45) is -14.9. The molecule has 86 heavy (non-hydrogen) atoms. The predicted molar refractivity (Wildman–Crippen MR) is 305 cm³/mol. The third-order valence-electron chi connectivity index (χ3n) is 13.5. The van der Waals surface area contributed by atoms with E-state index in [-0.39, 0.29) is 89.9 Å². The first kappa shape index (κ1) is 53.0. The molecule has 2 aliphatic rings. The molecule has 6 aromatic rings. The SMILES string of the molecule is [2H]CC(=O)OC[C@H]1OC(n2cc(-c3cc(OCC)ccc3C(=O)c3ccc(OCC)cc3-c3cn(C4O[C@H](COC(=O)C[2H])[C@@H](OC(=O)C[2H])[C@H](OC(=O)C[2H])[C@H]4OC(=O)C[2H])c4cccc(Cl)c34)c3c(Cl)cccc32)[C@H](OC(=O)C[2H])[C@@H](OC(=O)C[2H])[C@@H]1OC(=O)C[2H]. The van der Waals surface area contributed by atoms with E-state index in [2.05, 4.69) is 0 Å². The maximum Gasteiger partial charge on any atom is 0.303 e. The predicted octanol–water partition coefficient (Wildman–Crippen LogP) is 8.78. The molecule has 0 radical (unpaired) electrons. The molecule has 0 aliphatic carbocycles. The molecule has 2 aliphatic heterocycles. The van der Waals surface area contributed by atoms with Crippen LogP contribution in [-0.4, -0.2) is 138 Å². The molecule has 8 rings (SSSR count). The fourth-order valence-electron chi connectivity index (χ4n) is 10.5. The van der Waals surface area contributed by atoms with Crippen molar-refractivity contribution in [3.63, 3.8) is 0 Å². The Morgan fingerprint density at radius 2 is 0.802 bits per heavy atom. The lowest BCUT2D eigenvalue weighted by Crippen LogP contribution is -2.60. The van der Waals surface area contributed by atoms with Crippen LogP contribution in [0.25, 0.3) is 44.1 Å². The number of ketones is 1. The molecule has 0 N–H and O–H groups in total. The Bertz CT molecular complexity index is 3580.